The number of fused-ring (bicyclic) bond motifs is 1. The highest BCUT2D eigenvalue weighted by Gasteiger charge is 2.18. The Kier molecular flexibility index (Phi) is 5.69. The average molecular weight is 474 g/mol. The van der Waals surface area contributed by atoms with Crippen LogP contribution in [0.15, 0.2) is 67.1 Å². The van der Waals surface area contributed by atoms with Crippen LogP contribution in [0, 0.1) is 6.92 Å². The smallest absolute Gasteiger partial charge is 0.256 e. The molecule has 0 aliphatic heterocycles. The molecule has 9 nitrogen and oxygen atoms in total. The molecule has 1 amide bonds. The molecule has 3 aromatic heterocycles. The summed E-state index contributed by atoms with van der Waals surface area (Å²) in [6, 6.07) is 16.1. The van der Waals surface area contributed by atoms with Crippen LogP contribution in [0.1, 0.15) is 23.0 Å². The first-order valence-electron chi connectivity index (χ1n) is 10.6. The van der Waals surface area contributed by atoms with Crippen LogP contribution in [-0.4, -0.2) is 42.0 Å². The molecular weight excluding hydrogens is 454 g/mol. The number of benzene rings is 2. The maximum absolute atomic E-state index is 12.9. The number of hydrogen-bond donors (Lipinski definition) is 1. The summed E-state index contributed by atoms with van der Waals surface area (Å²) < 4.78 is 8.71. The fourth-order valence-electron chi connectivity index (χ4n) is 3.60. The van der Waals surface area contributed by atoms with Crippen molar-refractivity contribution >= 4 is 34.4 Å². The van der Waals surface area contributed by atoms with E-state index in [1.165, 1.54) is 6.33 Å². The van der Waals surface area contributed by atoms with Crippen LogP contribution in [0.3, 0.4) is 0 Å². The quantitative estimate of drug-likeness (QED) is 0.386. The predicted octanol–water partition coefficient (Wildman–Crippen LogP) is 4.61. The Hall–Kier alpha value is -4.24. The summed E-state index contributed by atoms with van der Waals surface area (Å²) in [4.78, 5) is 21.7. The van der Waals surface area contributed by atoms with Gasteiger partial charge in [-0.15, -0.1) is 0 Å². The average Bonchev–Trinajstić information content (AvgIpc) is 3.43. The number of nitrogens with one attached hydrogen (secondary N) is 1. The van der Waals surface area contributed by atoms with E-state index in [9.17, 15) is 4.79 Å². The normalized spacial score (nSPS) is 11.0. The first-order valence-corrected chi connectivity index (χ1v) is 11.0. The van der Waals surface area contributed by atoms with Crippen LogP contribution in [0.4, 0.5) is 5.82 Å². The maximum Gasteiger partial charge on any atom is 0.256 e. The number of amides is 1. The van der Waals surface area contributed by atoms with Crippen LogP contribution in [0.5, 0.6) is 5.75 Å². The molecule has 1 N–H and O–H groups in total. The first-order chi connectivity index (χ1) is 16.5. The van der Waals surface area contributed by atoms with Gasteiger partial charge < -0.3 is 10.1 Å². The van der Waals surface area contributed by atoms with E-state index in [1.807, 2.05) is 26.0 Å². The van der Waals surface area contributed by atoms with Crippen molar-refractivity contribution in [3.63, 3.8) is 0 Å². The minimum atomic E-state index is -0.274. The Morgan fingerprint density at radius 1 is 1.09 bits per heavy atom. The number of halogens is 1. The standard InChI is InChI=1S/C24H20ClN7O2/c1-3-34-19-9-7-16(8-10-19)24(33)29-21-11-15(2)30-32(21)23-20-13-28-31(22(20)26-14-27-23)18-6-4-5-17(25)12-18/h4-14H,3H2,1-2H3,(H,29,33). The molecule has 3 heterocycles. The highest BCUT2D eigenvalue weighted by molar-refractivity contribution is 6.30. The molecule has 5 rings (SSSR count). The SMILES string of the molecule is CCOc1ccc(C(=O)Nc2cc(C)nn2-c2ncnc3c2cnn3-c2cccc(Cl)c2)cc1. The van der Waals surface area contributed by atoms with Gasteiger partial charge in [0.2, 0.25) is 0 Å². The van der Waals surface area contributed by atoms with E-state index in [2.05, 4.69) is 25.5 Å². The third-order valence-electron chi connectivity index (χ3n) is 5.10. The number of hydrogen-bond acceptors (Lipinski definition) is 6. The fraction of sp³-hybridized carbons (Fsp3) is 0.125. The first kappa shape index (κ1) is 21.6. The maximum atomic E-state index is 12.9. The van der Waals surface area contributed by atoms with Gasteiger partial charge in [-0.05, 0) is 56.3 Å². The minimum Gasteiger partial charge on any atom is -0.494 e. The largest absolute Gasteiger partial charge is 0.494 e. The summed E-state index contributed by atoms with van der Waals surface area (Å²) in [5.74, 6) is 1.41. The zero-order valence-corrected chi connectivity index (χ0v) is 19.2. The van der Waals surface area contributed by atoms with E-state index < -0.39 is 0 Å². The van der Waals surface area contributed by atoms with Gasteiger partial charge >= 0.3 is 0 Å². The molecule has 0 fully saturated rings. The van der Waals surface area contributed by atoms with Crippen molar-refractivity contribution in [1.29, 1.82) is 0 Å². The Morgan fingerprint density at radius 3 is 2.68 bits per heavy atom. The summed E-state index contributed by atoms with van der Waals surface area (Å²) in [6.45, 7) is 4.31. The summed E-state index contributed by atoms with van der Waals surface area (Å²) >= 11 is 6.15. The van der Waals surface area contributed by atoms with Gasteiger partial charge in [-0.1, -0.05) is 17.7 Å². The zero-order chi connectivity index (χ0) is 23.7. The van der Waals surface area contributed by atoms with Gasteiger partial charge in [-0.3, -0.25) is 4.79 Å². The molecule has 0 saturated carbocycles. The van der Waals surface area contributed by atoms with Gasteiger partial charge in [-0.2, -0.15) is 14.9 Å². The number of aryl methyl sites for hydroxylation is 1. The lowest BCUT2D eigenvalue weighted by Gasteiger charge is -2.10. The summed E-state index contributed by atoms with van der Waals surface area (Å²) in [7, 11) is 0. The van der Waals surface area contributed by atoms with Crippen molar-refractivity contribution in [2.24, 2.45) is 0 Å². The fourth-order valence-corrected chi connectivity index (χ4v) is 3.79. The molecule has 0 aliphatic rings. The highest BCUT2D eigenvalue weighted by atomic mass is 35.5. The van der Waals surface area contributed by atoms with E-state index in [0.29, 0.717) is 45.6 Å². The summed E-state index contributed by atoms with van der Waals surface area (Å²) in [5.41, 5.74) is 2.57. The number of carbonyl (C=O) groups excluding carboxylic acids is 1. The number of ether oxygens (including phenoxy) is 1. The molecule has 2 aromatic carbocycles. The van der Waals surface area contributed by atoms with E-state index in [-0.39, 0.29) is 5.91 Å². The molecule has 10 heteroatoms. The van der Waals surface area contributed by atoms with Gasteiger partial charge in [0, 0.05) is 16.7 Å². The van der Waals surface area contributed by atoms with E-state index in [0.717, 1.165) is 11.4 Å². The van der Waals surface area contributed by atoms with Crippen molar-refractivity contribution in [2.45, 2.75) is 13.8 Å². The van der Waals surface area contributed by atoms with Crippen LogP contribution >= 0.6 is 11.6 Å². The lowest BCUT2D eigenvalue weighted by molar-refractivity contribution is 0.102. The van der Waals surface area contributed by atoms with E-state index >= 15 is 0 Å². The molecule has 5 aromatic rings. The number of carbonyl (C=O) groups is 1. The molecule has 34 heavy (non-hydrogen) atoms. The molecule has 0 spiro atoms. The Labute approximate surface area is 200 Å². The second-order valence-electron chi connectivity index (χ2n) is 7.47. The van der Waals surface area contributed by atoms with Crippen molar-refractivity contribution in [3.8, 4) is 17.3 Å². The number of nitrogens with zero attached hydrogens (tertiary/aromatic N) is 6. The molecule has 0 radical (unpaired) electrons. The van der Waals surface area contributed by atoms with Gasteiger partial charge in [0.1, 0.15) is 17.9 Å². The highest BCUT2D eigenvalue weighted by Crippen LogP contribution is 2.25. The molecule has 0 unspecified atom stereocenters. The number of rotatable bonds is 6. The molecular formula is C24H20ClN7O2. The predicted molar refractivity (Wildman–Crippen MR) is 129 cm³/mol. The van der Waals surface area contributed by atoms with Crippen LogP contribution in [0.25, 0.3) is 22.5 Å². The molecule has 0 saturated heterocycles. The number of aromatic nitrogens is 6. The van der Waals surface area contributed by atoms with Crippen molar-refractivity contribution in [1.82, 2.24) is 29.5 Å². The molecule has 0 aliphatic carbocycles. The topological polar surface area (TPSA) is 99.8 Å². The van der Waals surface area contributed by atoms with Gasteiger partial charge in [0.25, 0.3) is 5.91 Å². The molecule has 170 valence electrons. The lowest BCUT2D eigenvalue weighted by Crippen LogP contribution is -2.15. The van der Waals surface area contributed by atoms with Gasteiger partial charge in [0.15, 0.2) is 11.5 Å². The number of anilines is 1. The van der Waals surface area contributed by atoms with Crippen molar-refractivity contribution in [3.05, 3.63) is 83.4 Å². The second-order valence-corrected chi connectivity index (χ2v) is 7.90. The van der Waals surface area contributed by atoms with Crippen LogP contribution in [0.2, 0.25) is 5.02 Å². The van der Waals surface area contributed by atoms with E-state index in [1.54, 1.807) is 58.0 Å². The Morgan fingerprint density at radius 2 is 1.91 bits per heavy atom. The third-order valence-corrected chi connectivity index (χ3v) is 5.33. The van der Waals surface area contributed by atoms with Crippen molar-refractivity contribution < 1.29 is 9.53 Å². The second kappa shape index (κ2) is 8.95. The van der Waals surface area contributed by atoms with Crippen molar-refractivity contribution in [2.75, 3.05) is 11.9 Å². The van der Waals surface area contributed by atoms with Crippen LogP contribution in [-0.2, 0) is 0 Å². The van der Waals surface area contributed by atoms with Gasteiger partial charge in [0.05, 0.1) is 29.6 Å². The molecule has 0 atom stereocenters. The zero-order valence-electron chi connectivity index (χ0n) is 18.4. The summed E-state index contributed by atoms with van der Waals surface area (Å²) in [5, 5.41) is 13.2. The summed E-state index contributed by atoms with van der Waals surface area (Å²) in [6.07, 6.45) is 3.11. The minimum absolute atomic E-state index is 0.274. The van der Waals surface area contributed by atoms with Gasteiger partial charge in [-0.25, -0.2) is 14.6 Å². The third kappa shape index (κ3) is 4.08. The Balaban J connectivity index is 1.51. The Bertz CT molecular complexity index is 1490. The monoisotopic (exact) mass is 473 g/mol. The van der Waals surface area contributed by atoms with E-state index in [4.69, 9.17) is 16.3 Å². The molecule has 0 bridgehead atoms. The lowest BCUT2D eigenvalue weighted by atomic mass is 10.2. The van der Waals surface area contributed by atoms with Crippen LogP contribution < -0.4 is 10.1 Å².